The smallest absolute Gasteiger partial charge is 0.434 e. The summed E-state index contributed by atoms with van der Waals surface area (Å²) in [7, 11) is 0. The van der Waals surface area contributed by atoms with Crippen LogP contribution in [0.25, 0.3) is 0 Å². The third kappa shape index (κ3) is 22.0. The molecule has 1 rings (SSSR count). The van der Waals surface area contributed by atoms with Gasteiger partial charge in [0.25, 0.3) is 0 Å². The lowest BCUT2D eigenvalue weighted by molar-refractivity contribution is -0.0713. The van der Waals surface area contributed by atoms with E-state index in [1.807, 2.05) is 0 Å². The van der Waals surface area contributed by atoms with Gasteiger partial charge < -0.3 is 18.9 Å². The van der Waals surface area contributed by atoms with Gasteiger partial charge in [0.1, 0.15) is 12.2 Å². The van der Waals surface area contributed by atoms with Crippen LogP contribution in [-0.4, -0.2) is 37.7 Å². The minimum absolute atomic E-state index is 0.380. The van der Waals surface area contributed by atoms with Crippen LogP contribution in [0.5, 0.6) is 0 Å². The molecular formula is C33H62O6. The van der Waals surface area contributed by atoms with Gasteiger partial charge in [-0.25, -0.2) is 9.59 Å². The average molecular weight is 555 g/mol. The Labute approximate surface area is 240 Å². The summed E-state index contributed by atoms with van der Waals surface area (Å²) in [5, 5.41) is 0. The highest BCUT2D eigenvalue weighted by Crippen LogP contribution is 2.25. The van der Waals surface area contributed by atoms with Gasteiger partial charge in [0, 0.05) is 0 Å². The van der Waals surface area contributed by atoms with Crippen LogP contribution in [0.1, 0.15) is 163 Å². The Morgan fingerprint density at radius 2 is 0.821 bits per heavy atom. The summed E-state index contributed by atoms with van der Waals surface area (Å²) in [6.07, 6.45) is 21.7. The summed E-state index contributed by atoms with van der Waals surface area (Å²) in [5.74, 6) is 1.61. The molecule has 1 saturated carbocycles. The zero-order valence-corrected chi connectivity index (χ0v) is 26.0. The topological polar surface area (TPSA) is 71.1 Å². The number of carbonyl (C=O) groups is 2. The molecule has 6 nitrogen and oxygen atoms in total. The summed E-state index contributed by atoms with van der Waals surface area (Å²) >= 11 is 0. The number of hydrogen-bond acceptors (Lipinski definition) is 6. The molecule has 0 amide bonds. The van der Waals surface area contributed by atoms with Crippen LogP contribution in [0.15, 0.2) is 0 Å². The molecule has 6 heteroatoms. The van der Waals surface area contributed by atoms with Crippen molar-refractivity contribution in [2.45, 2.75) is 175 Å². The predicted molar refractivity (Wildman–Crippen MR) is 159 cm³/mol. The first-order chi connectivity index (χ1) is 18.9. The molecular weight excluding hydrogens is 492 g/mol. The van der Waals surface area contributed by atoms with Crippen molar-refractivity contribution in [2.24, 2.45) is 11.8 Å². The molecule has 2 atom stereocenters. The SMILES string of the molecule is CC(C)CCCCCCCCCCOC(=O)OC1CCCCC1OC(=O)OCCCCCCCCCC(C)C. The molecule has 0 heterocycles. The van der Waals surface area contributed by atoms with E-state index in [1.54, 1.807) is 0 Å². The molecule has 1 fully saturated rings. The first-order valence-electron chi connectivity index (χ1n) is 16.5. The lowest BCUT2D eigenvalue weighted by Crippen LogP contribution is -2.38. The van der Waals surface area contributed by atoms with Gasteiger partial charge in [0.2, 0.25) is 0 Å². The van der Waals surface area contributed by atoms with Crippen molar-refractivity contribution in [3.63, 3.8) is 0 Å². The van der Waals surface area contributed by atoms with Crippen molar-refractivity contribution in [2.75, 3.05) is 13.2 Å². The van der Waals surface area contributed by atoms with Crippen LogP contribution in [0, 0.1) is 11.8 Å². The summed E-state index contributed by atoms with van der Waals surface area (Å²) in [4.78, 5) is 24.4. The van der Waals surface area contributed by atoms with Gasteiger partial charge in [-0.1, -0.05) is 124 Å². The Morgan fingerprint density at radius 1 is 0.513 bits per heavy atom. The van der Waals surface area contributed by atoms with Crippen LogP contribution in [0.4, 0.5) is 9.59 Å². The number of unbranched alkanes of at least 4 members (excludes halogenated alkanes) is 13. The van der Waals surface area contributed by atoms with Gasteiger partial charge >= 0.3 is 12.3 Å². The van der Waals surface area contributed by atoms with Crippen LogP contribution in [-0.2, 0) is 18.9 Å². The highest BCUT2D eigenvalue weighted by Gasteiger charge is 2.32. The number of carbonyl (C=O) groups excluding carboxylic acids is 2. The minimum atomic E-state index is -0.655. The Morgan fingerprint density at radius 3 is 1.15 bits per heavy atom. The molecule has 0 radical (unpaired) electrons. The number of ether oxygens (including phenoxy) is 4. The van der Waals surface area contributed by atoms with Gasteiger partial charge in [-0.05, 0) is 50.4 Å². The molecule has 0 aliphatic heterocycles. The molecule has 2 unspecified atom stereocenters. The average Bonchev–Trinajstić information content (AvgIpc) is 2.89. The summed E-state index contributed by atoms with van der Waals surface area (Å²) in [6, 6.07) is 0. The van der Waals surface area contributed by atoms with Crippen molar-refractivity contribution in [1.82, 2.24) is 0 Å². The van der Waals surface area contributed by atoms with Crippen molar-refractivity contribution >= 4 is 12.3 Å². The third-order valence-corrected chi connectivity index (χ3v) is 7.68. The Kier molecular flexibility index (Phi) is 22.2. The molecule has 1 aliphatic rings. The predicted octanol–water partition coefficient (Wildman–Crippen LogP) is 10.5. The van der Waals surface area contributed by atoms with Crippen molar-refractivity contribution in [1.29, 1.82) is 0 Å². The monoisotopic (exact) mass is 554 g/mol. The zero-order valence-electron chi connectivity index (χ0n) is 26.0. The molecule has 0 aromatic carbocycles. The molecule has 230 valence electrons. The van der Waals surface area contributed by atoms with E-state index >= 15 is 0 Å². The first kappa shape index (κ1) is 35.6. The Bertz CT molecular complexity index is 591. The highest BCUT2D eigenvalue weighted by molar-refractivity contribution is 5.61. The summed E-state index contributed by atoms with van der Waals surface area (Å²) in [6.45, 7) is 9.89. The fourth-order valence-corrected chi connectivity index (χ4v) is 5.21. The molecule has 0 N–H and O–H groups in total. The summed E-state index contributed by atoms with van der Waals surface area (Å²) < 4.78 is 21.6. The van der Waals surface area contributed by atoms with Gasteiger partial charge in [0.15, 0.2) is 0 Å². The lowest BCUT2D eigenvalue weighted by Gasteiger charge is -2.29. The molecule has 0 aromatic rings. The highest BCUT2D eigenvalue weighted by atomic mass is 16.8. The molecule has 0 aromatic heterocycles. The van der Waals surface area contributed by atoms with E-state index in [1.165, 1.54) is 83.5 Å². The standard InChI is InChI=1S/C33H62O6/c1-28(2)22-16-12-8-5-6-10-14-20-26-36-32(34)38-30-24-18-19-25-31(30)39-33(35)37-27-21-15-11-7-9-13-17-23-29(3)4/h28-31H,5-27H2,1-4H3. The van der Waals surface area contributed by atoms with Crippen molar-refractivity contribution in [3.8, 4) is 0 Å². The minimum Gasteiger partial charge on any atom is -0.434 e. The van der Waals surface area contributed by atoms with Crippen LogP contribution < -0.4 is 0 Å². The Hall–Kier alpha value is -1.46. The van der Waals surface area contributed by atoms with Crippen molar-refractivity contribution < 1.29 is 28.5 Å². The van der Waals surface area contributed by atoms with E-state index in [2.05, 4.69) is 27.7 Å². The molecule has 0 saturated heterocycles. The first-order valence-corrected chi connectivity index (χ1v) is 16.5. The number of hydrogen-bond donors (Lipinski definition) is 0. The van der Waals surface area contributed by atoms with Gasteiger partial charge in [-0.2, -0.15) is 0 Å². The molecule has 1 aliphatic carbocycles. The van der Waals surface area contributed by atoms with E-state index in [0.29, 0.717) is 26.1 Å². The quantitative estimate of drug-likeness (QED) is 0.0924. The van der Waals surface area contributed by atoms with Gasteiger partial charge in [-0.15, -0.1) is 0 Å². The Balaban J connectivity index is 2.04. The molecule has 0 bridgehead atoms. The van der Waals surface area contributed by atoms with E-state index in [-0.39, 0.29) is 0 Å². The van der Waals surface area contributed by atoms with Crippen LogP contribution in [0.2, 0.25) is 0 Å². The second kappa shape index (κ2) is 24.3. The molecule has 0 spiro atoms. The van der Waals surface area contributed by atoms with Gasteiger partial charge in [0.05, 0.1) is 13.2 Å². The summed E-state index contributed by atoms with van der Waals surface area (Å²) in [5.41, 5.74) is 0. The maximum Gasteiger partial charge on any atom is 0.508 e. The maximum absolute atomic E-state index is 12.2. The zero-order chi connectivity index (χ0) is 28.6. The van der Waals surface area contributed by atoms with Gasteiger partial charge in [-0.3, -0.25) is 0 Å². The van der Waals surface area contributed by atoms with Crippen LogP contribution in [0.3, 0.4) is 0 Å². The lowest BCUT2D eigenvalue weighted by atomic mass is 9.95. The second-order valence-electron chi connectivity index (χ2n) is 12.5. The number of rotatable bonds is 23. The normalized spacial score (nSPS) is 17.4. The fraction of sp³-hybridized carbons (Fsp3) is 0.939. The largest absolute Gasteiger partial charge is 0.508 e. The fourth-order valence-electron chi connectivity index (χ4n) is 5.21. The second-order valence-corrected chi connectivity index (χ2v) is 12.5. The van der Waals surface area contributed by atoms with Crippen LogP contribution >= 0.6 is 0 Å². The van der Waals surface area contributed by atoms with E-state index in [9.17, 15) is 9.59 Å². The van der Waals surface area contributed by atoms with E-state index in [0.717, 1.165) is 50.4 Å². The van der Waals surface area contributed by atoms with E-state index < -0.39 is 24.5 Å². The maximum atomic E-state index is 12.2. The van der Waals surface area contributed by atoms with Crippen molar-refractivity contribution in [3.05, 3.63) is 0 Å². The third-order valence-electron chi connectivity index (χ3n) is 7.68. The van der Waals surface area contributed by atoms with E-state index in [4.69, 9.17) is 18.9 Å². The molecule has 39 heavy (non-hydrogen) atoms.